The molecule has 2 N–H and O–H groups in total. The number of anilines is 1. The van der Waals surface area contributed by atoms with E-state index in [0.717, 1.165) is 5.56 Å². The molecule has 0 saturated heterocycles. The van der Waals surface area contributed by atoms with Crippen LogP contribution in [0.2, 0.25) is 0 Å². The lowest BCUT2D eigenvalue weighted by Gasteiger charge is -2.04. The van der Waals surface area contributed by atoms with Gasteiger partial charge in [-0.3, -0.25) is 9.78 Å². The van der Waals surface area contributed by atoms with Gasteiger partial charge in [0.25, 0.3) is 5.91 Å². The van der Waals surface area contributed by atoms with E-state index in [1.807, 2.05) is 18.4 Å². The van der Waals surface area contributed by atoms with Gasteiger partial charge in [-0.25, -0.2) is 4.79 Å². The van der Waals surface area contributed by atoms with E-state index in [-0.39, 0.29) is 5.91 Å². The van der Waals surface area contributed by atoms with Crippen LogP contribution < -0.4 is 11.1 Å². The van der Waals surface area contributed by atoms with E-state index in [1.54, 1.807) is 18.2 Å². The first-order valence-electron chi connectivity index (χ1n) is 5.62. The molecular formula is C13H10N2O3S. The first-order chi connectivity index (χ1) is 9.13. The lowest BCUT2D eigenvalue weighted by Crippen LogP contribution is -2.11. The van der Waals surface area contributed by atoms with Crippen molar-refractivity contribution in [3.05, 3.63) is 50.6 Å². The monoisotopic (exact) mass is 274 g/mol. The largest absolute Gasteiger partial charge is 0.417 e. The highest BCUT2D eigenvalue weighted by Crippen LogP contribution is 2.20. The number of aryl methyl sites for hydroxylation is 1. The van der Waals surface area contributed by atoms with E-state index in [1.165, 1.54) is 11.3 Å². The van der Waals surface area contributed by atoms with Crippen molar-refractivity contribution in [3.63, 3.8) is 0 Å². The Hall–Kier alpha value is -2.34. The number of hydrogen-bond acceptors (Lipinski definition) is 4. The molecule has 0 unspecified atom stereocenters. The van der Waals surface area contributed by atoms with Crippen LogP contribution in [0.3, 0.4) is 0 Å². The fourth-order valence-electron chi connectivity index (χ4n) is 1.82. The number of fused-ring (bicyclic) bond motifs is 1. The number of H-pyrrole nitrogens is 1. The molecule has 0 spiro atoms. The number of carbonyl (C=O) groups excluding carboxylic acids is 1. The number of hydrogen-bond donors (Lipinski definition) is 2. The highest BCUT2D eigenvalue weighted by molar-refractivity contribution is 7.12. The number of oxazole rings is 1. The summed E-state index contributed by atoms with van der Waals surface area (Å²) < 4.78 is 4.90. The lowest BCUT2D eigenvalue weighted by atomic mass is 10.2. The van der Waals surface area contributed by atoms with Crippen LogP contribution >= 0.6 is 11.3 Å². The fourth-order valence-corrected chi connectivity index (χ4v) is 2.64. The molecule has 19 heavy (non-hydrogen) atoms. The van der Waals surface area contributed by atoms with Crippen molar-refractivity contribution in [1.29, 1.82) is 0 Å². The number of aromatic amines is 1. The van der Waals surface area contributed by atoms with Crippen molar-refractivity contribution < 1.29 is 9.21 Å². The van der Waals surface area contributed by atoms with Gasteiger partial charge in [0, 0.05) is 5.69 Å². The lowest BCUT2D eigenvalue weighted by molar-refractivity contribution is 0.103. The second-order valence-electron chi connectivity index (χ2n) is 4.11. The number of aromatic nitrogens is 1. The third-order valence-electron chi connectivity index (χ3n) is 2.75. The molecule has 0 fully saturated rings. The molecule has 96 valence electrons. The van der Waals surface area contributed by atoms with E-state index in [4.69, 9.17) is 4.42 Å². The molecule has 3 aromatic rings. The third-order valence-corrected chi connectivity index (χ3v) is 3.76. The van der Waals surface area contributed by atoms with Gasteiger partial charge in [-0.05, 0) is 42.1 Å². The maximum Gasteiger partial charge on any atom is 0.417 e. The topological polar surface area (TPSA) is 75.1 Å². The zero-order valence-corrected chi connectivity index (χ0v) is 10.8. The van der Waals surface area contributed by atoms with Crippen LogP contribution in [0.1, 0.15) is 15.2 Å². The molecule has 1 amide bonds. The Labute approximate surface area is 111 Å². The van der Waals surface area contributed by atoms with Crippen molar-refractivity contribution in [2.75, 3.05) is 5.32 Å². The molecule has 0 aliphatic carbocycles. The molecule has 1 aromatic carbocycles. The van der Waals surface area contributed by atoms with Crippen molar-refractivity contribution in [2.24, 2.45) is 0 Å². The van der Waals surface area contributed by atoms with E-state index >= 15 is 0 Å². The quantitative estimate of drug-likeness (QED) is 0.754. The minimum Gasteiger partial charge on any atom is -0.408 e. The Kier molecular flexibility index (Phi) is 2.72. The first-order valence-corrected chi connectivity index (χ1v) is 6.50. The zero-order chi connectivity index (χ0) is 13.4. The van der Waals surface area contributed by atoms with Crippen LogP contribution in [0, 0.1) is 6.92 Å². The van der Waals surface area contributed by atoms with Gasteiger partial charge in [-0.15, -0.1) is 11.3 Å². The highest BCUT2D eigenvalue weighted by Gasteiger charge is 2.11. The molecule has 0 saturated carbocycles. The molecule has 0 aliphatic rings. The van der Waals surface area contributed by atoms with Crippen molar-refractivity contribution in [2.45, 2.75) is 6.92 Å². The van der Waals surface area contributed by atoms with Crippen LogP contribution in [0.15, 0.2) is 38.9 Å². The van der Waals surface area contributed by atoms with Crippen LogP contribution in [-0.2, 0) is 0 Å². The van der Waals surface area contributed by atoms with Crippen molar-refractivity contribution in [3.8, 4) is 0 Å². The van der Waals surface area contributed by atoms with Crippen molar-refractivity contribution >= 4 is 34.0 Å². The van der Waals surface area contributed by atoms with Gasteiger partial charge in [-0.2, -0.15) is 0 Å². The molecule has 5 nitrogen and oxygen atoms in total. The zero-order valence-electron chi connectivity index (χ0n) is 10.0. The van der Waals surface area contributed by atoms with Gasteiger partial charge in [-0.1, -0.05) is 0 Å². The molecule has 2 aromatic heterocycles. The van der Waals surface area contributed by atoms with E-state index in [2.05, 4.69) is 10.3 Å². The molecule has 6 heteroatoms. The number of thiophene rings is 1. The summed E-state index contributed by atoms with van der Waals surface area (Å²) in [5.41, 5.74) is 2.59. The number of rotatable bonds is 2. The minimum absolute atomic E-state index is 0.155. The van der Waals surface area contributed by atoms with Gasteiger partial charge in [0.2, 0.25) is 0 Å². The molecule has 3 rings (SSSR count). The summed E-state index contributed by atoms with van der Waals surface area (Å²) >= 11 is 1.40. The first kappa shape index (κ1) is 11.7. The standard InChI is InChI=1S/C13H10N2O3S/c1-7-4-5-19-11(7)12(16)14-8-2-3-10-9(6-8)15-13(17)18-10/h2-6H,1H3,(H,14,16)(H,15,17). The van der Waals surface area contributed by atoms with Crippen LogP contribution in [-0.4, -0.2) is 10.9 Å². The molecule has 0 bridgehead atoms. The highest BCUT2D eigenvalue weighted by atomic mass is 32.1. The summed E-state index contributed by atoms with van der Waals surface area (Å²) in [6.45, 7) is 1.89. The number of nitrogens with one attached hydrogen (secondary N) is 2. The van der Waals surface area contributed by atoms with Gasteiger partial charge in [0.05, 0.1) is 10.4 Å². The Balaban J connectivity index is 1.91. The second kappa shape index (κ2) is 4.40. The van der Waals surface area contributed by atoms with Gasteiger partial charge >= 0.3 is 5.76 Å². The number of amides is 1. The average molecular weight is 274 g/mol. The molecule has 0 atom stereocenters. The van der Waals surface area contributed by atoms with Crippen LogP contribution in [0.5, 0.6) is 0 Å². The minimum atomic E-state index is -0.507. The second-order valence-corrected chi connectivity index (χ2v) is 5.03. The Morgan fingerprint density at radius 1 is 1.37 bits per heavy atom. The van der Waals surface area contributed by atoms with Crippen LogP contribution in [0.4, 0.5) is 5.69 Å². The maximum atomic E-state index is 12.0. The molecule has 0 aliphatic heterocycles. The molecule has 2 heterocycles. The molecular weight excluding hydrogens is 264 g/mol. The third kappa shape index (κ3) is 2.17. The Bertz CT molecular complexity index is 813. The van der Waals surface area contributed by atoms with E-state index in [9.17, 15) is 9.59 Å². The SMILES string of the molecule is Cc1ccsc1C(=O)Nc1ccc2oc(=O)[nH]c2c1. The van der Waals surface area contributed by atoms with Crippen molar-refractivity contribution in [1.82, 2.24) is 4.98 Å². The Morgan fingerprint density at radius 3 is 2.95 bits per heavy atom. The summed E-state index contributed by atoms with van der Waals surface area (Å²) in [4.78, 5) is 26.3. The predicted octanol–water partition coefficient (Wildman–Crippen LogP) is 2.74. The average Bonchev–Trinajstić information content (AvgIpc) is 2.93. The molecule has 0 radical (unpaired) electrons. The normalized spacial score (nSPS) is 10.8. The van der Waals surface area contributed by atoms with Gasteiger partial charge in [0.1, 0.15) is 0 Å². The van der Waals surface area contributed by atoms with Gasteiger partial charge < -0.3 is 9.73 Å². The summed E-state index contributed by atoms with van der Waals surface area (Å²) in [5, 5.41) is 4.67. The summed E-state index contributed by atoms with van der Waals surface area (Å²) in [5.74, 6) is -0.662. The Morgan fingerprint density at radius 2 is 2.21 bits per heavy atom. The fraction of sp³-hybridized carbons (Fsp3) is 0.0769. The van der Waals surface area contributed by atoms with Crippen LogP contribution in [0.25, 0.3) is 11.1 Å². The number of carbonyl (C=O) groups is 1. The van der Waals surface area contributed by atoms with Gasteiger partial charge in [0.15, 0.2) is 5.58 Å². The maximum absolute atomic E-state index is 12.0. The number of benzene rings is 1. The summed E-state index contributed by atoms with van der Waals surface area (Å²) in [6, 6.07) is 6.90. The van der Waals surface area contributed by atoms with E-state index in [0.29, 0.717) is 21.7 Å². The predicted molar refractivity (Wildman–Crippen MR) is 73.8 cm³/mol. The summed E-state index contributed by atoms with van der Waals surface area (Å²) in [7, 11) is 0. The smallest absolute Gasteiger partial charge is 0.408 e. The summed E-state index contributed by atoms with van der Waals surface area (Å²) in [6.07, 6.45) is 0. The van der Waals surface area contributed by atoms with E-state index < -0.39 is 5.76 Å².